The Bertz CT molecular complexity index is 217. The molecular weight excluding hydrogens is 208 g/mol. The van der Waals surface area contributed by atoms with Crippen molar-refractivity contribution in [2.24, 2.45) is 11.8 Å². The summed E-state index contributed by atoms with van der Waals surface area (Å²) >= 11 is 0. The van der Waals surface area contributed by atoms with Crippen LogP contribution >= 0.6 is 0 Å². The molecule has 0 spiro atoms. The Morgan fingerprint density at radius 3 is 2.47 bits per heavy atom. The highest BCUT2D eigenvalue weighted by molar-refractivity contribution is 4.87. The van der Waals surface area contributed by atoms with Gasteiger partial charge in [0.05, 0.1) is 0 Å². The van der Waals surface area contributed by atoms with Gasteiger partial charge in [-0.3, -0.25) is 4.90 Å². The molecule has 1 aliphatic heterocycles. The standard InChI is InChI=1S/C15H30N2/c1-4-5-14-11-17(7-6-16-14)15-9-12(2)8-13(3)10-15/h12-16H,4-11H2,1-3H3. The van der Waals surface area contributed by atoms with E-state index in [1.807, 2.05) is 0 Å². The van der Waals surface area contributed by atoms with Crippen LogP contribution in [0.15, 0.2) is 0 Å². The van der Waals surface area contributed by atoms with E-state index in [9.17, 15) is 0 Å². The second-order valence-electron chi connectivity index (χ2n) is 6.51. The molecule has 0 amide bonds. The van der Waals surface area contributed by atoms with Crippen LogP contribution in [0.2, 0.25) is 0 Å². The molecule has 0 aromatic heterocycles. The average Bonchev–Trinajstić information content (AvgIpc) is 2.28. The molecule has 3 unspecified atom stereocenters. The fraction of sp³-hybridized carbons (Fsp3) is 1.00. The van der Waals surface area contributed by atoms with Gasteiger partial charge in [-0.1, -0.05) is 27.2 Å². The van der Waals surface area contributed by atoms with E-state index < -0.39 is 0 Å². The normalized spacial score (nSPS) is 40.4. The minimum absolute atomic E-state index is 0.751. The Balaban J connectivity index is 1.87. The summed E-state index contributed by atoms with van der Waals surface area (Å²) in [5.41, 5.74) is 0. The second kappa shape index (κ2) is 6.19. The van der Waals surface area contributed by atoms with Crippen LogP contribution in [0, 0.1) is 11.8 Å². The van der Waals surface area contributed by atoms with Crippen molar-refractivity contribution in [1.82, 2.24) is 10.2 Å². The molecule has 1 saturated heterocycles. The monoisotopic (exact) mass is 238 g/mol. The van der Waals surface area contributed by atoms with Crippen molar-refractivity contribution in [3.8, 4) is 0 Å². The van der Waals surface area contributed by atoms with Crippen LogP contribution in [0.5, 0.6) is 0 Å². The lowest BCUT2D eigenvalue weighted by atomic mass is 9.79. The summed E-state index contributed by atoms with van der Waals surface area (Å²) in [6.07, 6.45) is 6.96. The van der Waals surface area contributed by atoms with Crippen LogP contribution in [0.3, 0.4) is 0 Å². The van der Waals surface area contributed by atoms with Crippen LogP contribution in [0.4, 0.5) is 0 Å². The van der Waals surface area contributed by atoms with Crippen molar-refractivity contribution < 1.29 is 0 Å². The summed E-state index contributed by atoms with van der Waals surface area (Å²) < 4.78 is 0. The van der Waals surface area contributed by atoms with Gasteiger partial charge in [-0.05, 0) is 37.5 Å². The quantitative estimate of drug-likeness (QED) is 0.813. The minimum atomic E-state index is 0.751. The summed E-state index contributed by atoms with van der Waals surface area (Å²) in [6, 6.07) is 1.62. The Morgan fingerprint density at radius 2 is 1.82 bits per heavy atom. The van der Waals surface area contributed by atoms with E-state index in [2.05, 4.69) is 31.0 Å². The molecule has 1 saturated carbocycles. The Morgan fingerprint density at radius 1 is 1.12 bits per heavy atom. The maximum Gasteiger partial charge on any atom is 0.0195 e. The van der Waals surface area contributed by atoms with E-state index >= 15 is 0 Å². The van der Waals surface area contributed by atoms with Gasteiger partial charge in [0, 0.05) is 31.7 Å². The number of piperazine rings is 1. The average molecular weight is 238 g/mol. The largest absolute Gasteiger partial charge is 0.311 e. The number of hydrogen-bond acceptors (Lipinski definition) is 2. The first-order valence-electron chi connectivity index (χ1n) is 7.66. The topological polar surface area (TPSA) is 15.3 Å². The molecule has 2 rings (SSSR count). The van der Waals surface area contributed by atoms with Crippen LogP contribution in [0.25, 0.3) is 0 Å². The SMILES string of the molecule is CCCC1CN(C2CC(C)CC(C)C2)CCN1. The summed E-state index contributed by atoms with van der Waals surface area (Å²) in [7, 11) is 0. The van der Waals surface area contributed by atoms with E-state index in [0.29, 0.717) is 0 Å². The van der Waals surface area contributed by atoms with Crippen LogP contribution in [-0.2, 0) is 0 Å². The molecule has 0 aromatic carbocycles. The molecule has 0 bridgehead atoms. The van der Waals surface area contributed by atoms with E-state index in [4.69, 9.17) is 0 Å². The fourth-order valence-corrected chi connectivity index (χ4v) is 3.93. The van der Waals surface area contributed by atoms with Gasteiger partial charge in [-0.15, -0.1) is 0 Å². The highest BCUT2D eigenvalue weighted by atomic mass is 15.2. The van der Waals surface area contributed by atoms with Crippen molar-refractivity contribution in [2.75, 3.05) is 19.6 Å². The zero-order chi connectivity index (χ0) is 12.3. The van der Waals surface area contributed by atoms with Gasteiger partial charge in [0.15, 0.2) is 0 Å². The van der Waals surface area contributed by atoms with Crippen molar-refractivity contribution in [3.63, 3.8) is 0 Å². The first-order chi connectivity index (χ1) is 8.19. The lowest BCUT2D eigenvalue weighted by Crippen LogP contribution is -2.55. The Kier molecular flexibility index (Phi) is 4.87. The Labute approximate surface area is 107 Å². The van der Waals surface area contributed by atoms with Crippen LogP contribution in [0.1, 0.15) is 52.9 Å². The summed E-state index contributed by atoms with van der Waals surface area (Å²) in [5.74, 6) is 1.87. The molecule has 100 valence electrons. The molecule has 0 radical (unpaired) electrons. The third-order valence-corrected chi connectivity index (χ3v) is 4.59. The van der Waals surface area contributed by atoms with Gasteiger partial charge in [-0.2, -0.15) is 0 Å². The van der Waals surface area contributed by atoms with E-state index in [0.717, 1.165) is 23.9 Å². The molecule has 2 fully saturated rings. The minimum Gasteiger partial charge on any atom is -0.311 e. The number of rotatable bonds is 3. The lowest BCUT2D eigenvalue weighted by Gasteiger charge is -2.43. The molecular formula is C15H30N2. The smallest absolute Gasteiger partial charge is 0.0195 e. The molecule has 1 heterocycles. The molecule has 17 heavy (non-hydrogen) atoms. The van der Waals surface area contributed by atoms with Gasteiger partial charge >= 0.3 is 0 Å². The molecule has 1 N–H and O–H groups in total. The first kappa shape index (κ1) is 13.4. The number of nitrogens with zero attached hydrogens (tertiary/aromatic N) is 1. The zero-order valence-corrected chi connectivity index (χ0v) is 11.9. The summed E-state index contributed by atoms with van der Waals surface area (Å²) in [5, 5.41) is 3.67. The summed E-state index contributed by atoms with van der Waals surface area (Å²) in [4.78, 5) is 2.78. The van der Waals surface area contributed by atoms with Crippen molar-refractivity contribution in [3.05, 3.63) is 0 Å². The van der Waals surface area contributed by atoms with E-state index in [1.54, 1.807) is 0 Å². The van der Waals surface area contributed by atoms with Crippen molar-refractivity contribution in [2.45, 2.75) is 65.0 Å². The maximum absolute atomic E-state index is 3.67. The lowest BCUT2D eigenvalue weighted by molar-refractivity contribution is 0.0798. The third-order valence-electron chi connectivity index (χ3n) is 4.59. The molecule has 2 heteroatoms. The molecule has 2 nitrogen and oxygen atoms in total. The first-order valence-corrected chi connectivity index (χ1v) is 7.66. The van der Waals surface area contributed by atoms with Crippen molar-refractivity contribution in [1.29, 1.82) is 0 Å². The van der Waals surface area contributed by atoms with Crippen LogP contribution < -0.4 is 5.32 Å². The van der Waals surface area contributed by atoms with Gasteiger partial charge in [0.2, 0.25) is 0 Å². The van der Waals surface area contributed by atoms with Crippen LogP contribution in [-0.4, -0.2) is 36.6 Å². The molecule has 0 aromatic rings. The summed E-state index contributed by atoms with van der Waals surface area (Å²) in [6.45, 7) is 10.9. The maximum atomic E-state index is 3.67. The highest BCUT2D eigenvalue weighted by Crippen LogP contribution is 2.32. The third kappa shape index (κ3) is 3.69. The predicted molar refractivity (Wildman–Crippen MR) is 74.2 cm³/mol. The molecule has 2 aliphatic rings. The van der Waals surface area contributed by atoms with E-state index in [-0.39, 0.29) is 0 Å². The van der Waals surface area contributed by atoms with Gasteiger partial charge < -0.3 is 5.32 Å². The second-order valence-corrected chi connectivity index (χ2v) is 6.51. The van der Waals surface area contributed by atoms with E-state index in [1.165, 1.54) is 51.7 Å². The van der Waals surface area contributed by atoms with Gasteiger partial charge in [0.1, 0.15) is 0 Å². The number of hydrogen-bond donors (Lipinski definition) is 1. The Hall–Kier alpha value is -0.0800. The van der Waals surface area contributed by atoms with Crippen molar-refractivity contribution >= 4 is 0 Å². The predicted octanol–water partition coefficient (Wildman–Crippen LogP) is 2.89. The highest BCUT2D eigenvalue weighted by Gasteiger charge is 2.30. The zero-order valence-electron chi connectivity index (χ0n) is 11.9. The number of nitrogens with one attached hydrogen (secondary N) is 1. The van der Waals surface area contributed by atoms with Gasteiger partial charge in [0.25, 0.3) is 0 Å². The van der Waals surface area contributed by atoms with Gasteiger partial charge in [-0.25, -0.2) is 0 Å². The molecule has 3 atom stereocenters. The fourth-order valence-electron chi connectivity index (χ4n) is 3.93. The molecule has 1 aliphatic carbocycles.